The van der Waals surface area contributed by atoms with Crippen LogP contribution in [0, 0.1) is 0 Å². The van der Waals surface area contributed by atoms with Gasteiger partial charge < -0.3 is 26.0 Å². The van der Waals surface area contributed by atoms with Crippen molar-refractivity contribution in [3.63, 3.8) is 0 Å². The van der Waals surface area contributed by atoms with E-state index in [1.165, 1.54) is 7.11 Å². The number of anilines is 1. The van der Waals surface area contributed by atoms with Gasteiger partial charge in [-0.05, 0) is 30.0 Å². The molecule has 0 spiro atoms. The monoisotopic (exact) mass is 513 g/mol. The number of phenols is 1. The maximum atomic E-state index is 10.2. The Morgan fingerprint density at radius 2 is 1.76 bits per heavy atom. The number of pyridine rings is 3. The van der Waals surface area contributed by atoms with Crippen LogP contribution in [0.5, 0.6) is 17.2 Å². The summed E-state index contributed by atoms with van der Waals surface area (Å²) in [6.45, 7) is 2.42. The van der Waals surface area contributed by atoms with Gasteiger partial charge in [0.05, 0.1) is 24.5 Å². The van der Waals surface area contributed by atoms with E-state index >= 15 is 0 Å². The molecule has 1 aromatic carbocycles. The van der Waals surface area contributed by atoms with Crippen molar-refractivity contribution in [1.29, 1.82) is 0 Å². The molecule has 0 aliphatic rings. The molecule has 4 aromatic rings. The highest BCUT2D eigenvalue weighted by atomic mass is 35.5. The zero-order valence-corrected chi connectivity index (χ0v) is 20.5. The standard InChI is InChI=1S/C22H23N5O3.3ClH/c1-3-13(23)11-30-14-4-12(8-25-9-14)18-5-15-16-6-20(28)21(29-2)7-19(16)26-10-17(15)22(24)27-18;;;/h4-10,13,28H,3,11,23H2,1-2H3,(H2,24,27);3*1H/t13-;;;/m1.../s1. The average Bonchev–Trinajstić information content (AvgIpc) is 2.77. The topological polar surface area (TPSA) is 129 Å². The number of halogens is 3. The molecule has 1 atom stereocenters. The largest absolute Gasteiger partial charge is 0.504 e. The third-order valence-electron chi connectivity index (χ3n) is 5.01. The summed E-state index contributed by atoms with van der Waals surface area (Å²) in [6, 6.07) is 7.03. The van der Waals surface area contributed by atoms with Crippen LogP contribution in [0.25, 0.3) is 32.9 Å². The van der Waals surface area contributed by atoms with E-state index < -0.39 is 0 Å². The lowest BCUT2D eigenvalue weighted by Crippen LogP contribution is -2.26. The fourth-order valence-corrected chi connectivity index (χ4v) is 3.22. The quantitative estimate of drug-likeness (QED) is 0.320. The van der Waals surface area contributed by atoms with Crippen LogP contribution in [0.2, 0.25) is 0 Å². The molecule has 0 saturated carbocycles. The van der Waals surface area contributed by atoms with Crippen molar-refractivity contribution in [1.82, 2.24) is 15.0 Å². The molecule has 0 bridgehead atoms. The second-order valence-electron chi connectivity index (χ2n) is 7.04. The number of hydrogen-bond donors (Lipinski definition) is 3. The molecule has 0 saturated heterocycles. The fourth-order valence-electron chi connectivity index (χ4n) is 3.22. The Morgan fingerprint density at radius 1 is 1.00 bits per heavy atom. The molecule has 0 unspecified atom stereocenters. The van der Waals surface area contributed by atoms with E-state index in [0.29, 0.717) is 40.5 Å². The third kappa shape index (κ3) is 5.78. The number of nitrogens with two attached hydrogens (primary N) is 2. The molecule has 0 amide bonds. The number of hydrogen-bond acceptors (Lipinski definition) is 8. The van der Waals surface area contributed by atoms with E-state index in [1.54, 1.807) is 30.7 Å². The maximum Gasteiger partial charge on any atom is 0.162 e. The van der Waals surface area contributed by atoms with E-state index in [0.717, 1.165) is 22.8 Å². The Morgan fingerprint density at radius 3 is 2.45 bits per heavy atom. The van der Waals surface area contributed by atoms with E-state index in [4.69, 9.17) is 20.9 Å². The number of aromatic nitrogens is 3. The number of ether oxygens (including phenoxy) is 2. The van der Waals surface area contributed by atoms with Gasteiger partial charge in [0, 0.05) is 40.8 Å². The molecule has 0 aliphatic heterocycles. The Labute approximate surface area is 209 Å². The number of nitrogen functional groups attached to an aromatic ring is 1. The first-order valence-corrected chi connectivity index (χ1v) is 9.60. The minimum Gasteiger partial charge on any atom is -0.504 e. The molecule has 11 heteroatoms. The summed E-state index contributed by atoms with van der Waals surface area (Å²) in [5.41, 5.74) is 14.2. The molecular formula is C22H26Cl3N5O3. The van der Waals surface area contributed by atoms with E-state index in [2.05, 4.69) is 15.0 Å². The predicted octanol–water partition coefficient (Wildman–Crippen LogP) is 4.52. The molecule has 0 aliphatic carbocycles. The first-order chi connectivity index (χ1) is 14.5. The Kier molecular flexibility index (Phi) is 10.2. The number of benzene rings is 1. The van der Waals surface area contributed by atoms with Gasteiger partial charge >= 0.3 is 0 Å². The van der Waals surface area contributed by atoms with Gasteiger partial charge in [0.2, 0.25) is 0 Å². The summed E-state index contributed by atoms with van der Waals surface area (Å²) < 4.78 is 10.9. The highest BCUT2D eigenvalue weighted by Crippen LogP contribution is 2.36. The lowest BCUT2D eigenvalue weighted by Gasteiger charge is -2.13. The van der Waals surface area contributed by atoms with Crippen molar-refractivity contribution in [2.24, 2.45) is 5.73 Å². The van der Waals surface area contributed by atoms with Gasteiger partial charge in [0.25, 0.3) is 0 Å². The maximum absolute atomic E-state index is 10.2. The highest BCUT2D eigenvalue weighted by molar-refractivity contribution is 6.10. The fraction of sp³-hybridized carbons (Fsp3) is 0.227. The van der Waals surface area contributed by atoms with Crippen LogP contribution >= 0.6 is 37.2 Å². The van der Waals surface area contributed by atoms with Gasteiger partial charge in [-0.15, -0.1) is 37.2 Å². The van der Waals surface area contributed by atoms with Crippen LogP contribution in [0.4, 0.5) is 5.82 Å². The molecule has 178 valence electrons. The molecule has 5 N–H and O–H groups in total. The van der Waals surface area contributed by atoms with Crippen molar-refractivity contribution in [2.75, 3.05) is 19.5 Å². The van der Waals surface area contributed by atoms with Gasteiger partial charge in [-0.3, -0.25) is 9.97 Å². The first-order valence-electron chi connectivity index (χ1n) is 9.60. The van der Waals surface area contributed by atoms with E-state index in [-0.39, 0.29) is 49.0 Å². The van der Waals surface area contributed by atoms with Crippen molar-refractivity contribution in [3.8, 4) is 28.5 Å². The van der Waals surface area contributed by atoms with Crippen LogP contribution in [0.3, 0.4) is 0 Å². The molecule has 0 fully saturated rings. The number of phenolic OH excluding ortho intramolecular Hbond substituents is 1. The Hall–Kier alpha value is -2.78. The van der Waals surface area contributed by atoms with Crippen molar-refractivity contribution in [3.05, 3.63) is 42.9 Å². The summed E-state index contributed by atoms with van der Waals surface area (Å²) in [6.07, 6.45) is 5.84. The zero-order valence-electron chi connectivity index (χ0n) is 18.0. The summed E-state index contributed by atoms with van der Waals surface area (Å²) in [5, 5.41) is 12.5. The summed E-state index contributed by atoms with van der Waals surface area (Å²) >= 11 is 0. The minimum atomic E-state index is -0.0355. The normalized spacial score (nSPS) is 11.1. The van der Waals surface area contributed by atoms with Gasteiger partial charge in [0.1, 0.15) is 18.2 Å². The lowest BCUT2D eigenvalue weighted by molar-refractivity contribution is 0.284. The molecule has 3 heterocycles. The van der Waals surface area contributed by atoms with E-state index in [1.807, 2.05) is 19.1 Å². The highest BCUT2D eigenvalue weighted by Gasteiger charge is 2.13. The number of methoxy groups -OCH3 is 1. The molecule has 4 rings (SSSR count). The zero-order chi connectivity index (χ0) is 21.3. The lowest BCUT2D eigenvalue weighted by atomic mass is 10.0. The summed E-state index contributed by atoms with van der Waals surface area (Å²) in [5.74, 6) is 1.34. The summed E-state index contributed by atoms with van der Waals surface area (Å²) in [4.78, 5) is 13.2. The molecule has 8 nitrogen and oxygen atoms in total. The predicted molar refractivity (Wildman–Crippen MR) is 138 cm³/mol. The number of nitrogens with zero attached hydrogens (tertiary/aromatic N) is 3. The van der Waals surface area contributed by atoms with Gasteiger partial charge in [-0.1, -0.05) is 6.92 Å². The molecule has 3 aromatic heterocycles. The van der Waals surface area contributed by atoms with Gasteiger partial charge in [0.15, 0.2) is 11.5 Å². The molecular weight excluding hydrogens is 489 g/mol. The van der Waals surface area contributed by atoms with E-state index in [9.17, 15) is 5.11 Å². The van der Waals surface area contributed by atoms with Crippen LogP contribution in [0.1, 0.15) is 13.3 Å². The van der Waals surface area contributed by atoms with Crippen molar-refractivity contribution in [2.45, 2.75) is 19.4 Å². The van der Waals surface area contributed by atoms with Gasteiger partial charge in [-0.25, -0.2) is 4.98 Å². The second kappa shape index (κ2) is 11.9. The van der Waals surface area contributed by atoms with Crippen LogP contribution in [0.15, 0.2) is 42.9 Å². The number of fused-ring (bicyclic) bond motifs is 3. The molecule has 33 heavy (non-hydrogen) atoms. The molecule has 0 radical (unpaired) electrons. The van der Waals surface area contributed by atoms with Crippen molar-refractivity contribution >= 4 is 64.7 Å². The number of aromatic hydroxyl groups is 1. The average molecular weight is 515 g/mol. The third-order valence-corrected chi connectivity index (χ3v) is 5.01. The summed E-state index contributed by atoms with van der Waals surface area (Å²) in [7, 11) is 1.50. The first kappa shape index (κ1) is 28.3. The van der Waals surface area contributed by atoms with Gasteiger partial charge in [-0.2, -0.15) is 0 Å². The SMILES string of the molecule is CC[C@@H](N)COc1cncc(-c2cc3c(cnc4cc(OC)c(O)cc43)c(N)n2)c1.Cl.Cl.Cl. The smallest absolute Gasteiger partial charge is 0.162 e. The second-order valence-corrected chi connectivity index (χ2v) is 7.04. The number of rotatable bonds is 6. The Bertz CT molecular complexity index is 1240. The Balaban J connectivity index is 0.00000181. The van der Waals surface area contributed by atoms with Crippen LogP contribution in [-0.2, 0) is 0 Å². The van der Waals surface area contributed by atoms with Crippen LogP contribution < -0.4 is 20.9 Å². The van der Waals surface area contributed by atoms with Crippen LogP contribution in [-0.4, -0.2) is 39.8 Å². The minimum absolute atomic E-state index is 0. The van der Waals surface area contributed by atoms with Crippen molar-refractivity contribution < 1.29 is 14.6 Å².